The summed E-state index contributed by atoms with van der Waals surface area (Å²) in [5.41, 5.74) is 1.42. The molecule has 1 aliphatic carbocycles. The first-order valence-corrected chi connectivity index (χ1v) is 5.25. The molecule has 0 bridgehead atoms. The monoisotopic (exact) mass is 179 g/mol. The molecular formula is C11H17NO. The van der Waals surface area contributed by atoms with Crippen LogP contribution in [0.4, 0.5) is 0 Å². The summed E-state index contributed by atoms with van der Waals surface area (Å²) >= 11 is 0. The molecule has 0 aromatic carbocycles. The van der Waals surface area contributed by atoms with Crippen LogP contribution < -0.4 is 0 Å². The molecule has 0 spiro atoms. The summed E-state index contributed by atoms with van der Waals surface area (Å²) in [5, 5.41) is 0. The van der Waals surface area contributed by atoms with Gasteiger partial charge in [0.1, 0.15) is 0 Å². The van der Waals surface area contributed by atoms with Crippen molar-refractivity contribution in [1.82, 2.24) is 4.90 Å². The summed E-state index contributed by atoms with van der Waals surface area (Å²) in [7, 11) is 0. The fraction of sp³-hybridized carbons (Fsp3) is 0.727. The maximum absolute atomic E-state index is 11.2. The average molecular weight is 179 g/mol. The minimum absolute atomic E-state index is 0.344. The Bertz CT molecular complexity index is 244. The molecule has 0 amide bonds. The van der Waals surface area contributed by atoms with E-state index in [0.717, 1.165) is 32.4 Å². The summed E-state index contributed by atoms with van der Waals surface area (Å²) in [6.07, 6.45) is 4.87. The van der Waals surface area contributed by atoms with Crippen LogP contribution >= 0.6 is 0 Å². The highest BCUT2D eigenvalue weighted by Crippen LogP contribution is 2.30. The van der Waals surface area contributed by atoms with Gasteiger partial charge in [-0.25, -0.2) is 0 Å². The quantitative estimate of drug-likeness (QED) is 0.609. The molecule has 1 aliphatic heterocycles. The van der Waals surface area contributed by atoms with Crippen LogP contribution in [0.15, 0.2) is 11.6 Å². The zero-order valence-electron chi connectivity index (χ0n) is 8.25. The molecule has 13 heavy (non-hydrogen) atoms. The number of carbonyl (C=O) groups excluding carboxylic acids is 1. The Hall–Kier alpha value is -0.630. The molecule has 0 aromatic heterocycles. The van der Waals surface area contributed by atoms with Gasteiger partial charge in [0, 0.05) is 19.5 Å². The van der Waals surface area contributed by atoms with Crippen molar-refractivity contribution < 1.29 is 4.79 Å². The molecule has 1 heterocycles. The van der Waals surface area contributed by atoms with E-state index in [1.807, 2.05) is 6.08 Å². The second kappa shape index (κ2) is 3.62. The number of likely N-dealkylation sites (tertiary alicyclic amines) is 1. The maximum atomic E-state index is 11.2. The number of nitrogens with zero attached hydrogens (tertiary/aromatic N) is 1. The van der Waals surface area contributed by atoms with Crippen molar-refractivity contribution in [2.45, 2.75) is 26.2 Å². The molecule has 72 valence electrons. The summed E-state index contributed by atoms with van der Waals surface area (Å²) in [6, 6.07) is 0. The van der Waals surface area contributed by atoms with E-state index in [1.54, 1.807) is 0 Å². The van der Waals surface area contributed by atoms with Crippen molar-refractivity contribution in [3.8, 4) is 0 Å². The normalized spacial score (nSPS) is 29.8. The van der Waals surface area contributed by atoms with Crippen LogP contribution in [0.1, 0.15) is 26.2 Å². The molecule has 2 heteroatoms. The van der Waals surface area contributed by atoms with Gasteiger partial charge in [0.25, 0.3) is 0 Å². The third kappa shape index (κ3) is 1.83. The summed E-state index contributed by atoms with van der Waals surface area (Å²) in [4.78, 5) is 13.7. The lowest BCUT2D eigenvalue weighted by Gasteiger charge is -2.35. The molecule has 1 unspecified atom stereocenters. The van der Waals surface area contributed by atoms with Crippen molar-refractivity contribution in [1.29, 1.82) is 0 Å². The highest BCUT2D eigenvalue weighted by Gasteiger charge is 2.26. The number of hydrogen-bond acceptors (Lipinski definition) is 2. The third-order valence-electron chi connectivity index (χ3n) is 3.25. The predicted molar refractivity (Wildman–Crippen MR) is 52.5 cm³/mol. The summed E-state index contributed by atoms with van der Waals surface area (Å²) < 4.78 is 0. The van der Waals surface area contributed by atoms with Gasteiger partial charge in [0.05, 0.1) is 0 Å². The molecule has 0 aromatic rings. The van der Waals surface area contributed by atoms with Crippen LogP contribution in [0, 0.1) is 5.92 Å². The highest BCUT2D eigenvalue weighted by atomic mass is 16.1. The lowest BCUT2D eigenvalue weighted by Crippen LogP contribution is -2.38. The molecule has 2 rings (SSSR count). The van der Waals surface area contributed by atoms with Gasteiger partial charge >= 0.3 is 0 Å². The molecular weight excluding hydrogens is 162 g/mol. The van der Waals surface area contributed by atoms with Crippen molar-refractivity contribution in [3.63, 3.8) is 0 Å². The van der Waals surface area contributed by atoms with Crippen LogP contribution in [-0.2, 0) is 4.79 Å². The lowest BCUT2D eigenvalue weighted by atomic mass is 9.82. The number of ketones is 1. The Morgan fingerprint density at radius 1 is 1.54 bits per heavy atom. The molecule has 0 radical (unpaired) electrons. The Morgan fingerprint density at radius 3 is 3.15 bits per heavy atom. The first-order chi connectivity index (χ1) is 6.29. The smallest absolute Gasteiger partial charge is 0.155 e. The van der Waals surface area contributed by atoms with E-state index >= 15 is 0 Å². The van der Waals surface area contributed by atoms with Gasteiger partial charge in [0.15, 0.2) is 5.78 Å². The van der Waals surface area contributed by atoms with Crippen LogP contribution in [0.25, 0.3) is 0 Å². The molecule has 2 nitrogen and oxygen atoms in total. The molecule has 0 saturated carbocycles. The first-order valence-electron chi connectivity index (χ1n) is 5.25. The third-order valence-corrected chi connectivity index (χ3v) is 3.25. The zero-order chi connectivity index (χ0) is 9.26. The largest absolute Gasteiger partial charge is 0.303 e. The van der Waals surface area contributed by atoms with E-state index in [4.69, 9.17) is 0 Å². The van der Waals surface area contributed by atoms with E-state index in [-0.39, 0.29) is 0 Å². The second-order valence-electron chi connectivity index (χ2n) is 4.06. The maximum Gasteiger partial charge on any atom is 0.155 e. The standard InChI is InChI=1S/C11H17NO/c1-2-12-6-5-9-7-11(13)4-3-10(9)8-12/h7,10H,2-6,8H2,1H3. The minimum atomic E-state index is 0.344. The Morgan fingerprint density at radius 2 is 2.38 bits per heavy atom. The number of fused-ring (bicyclic) bond motifs is 1. The number of hydrogen-bond donors (Lipinski definition) is 0. The number of allylic oxidation sites excluding steroid dienone is 1. The van der Waals surface area contributed by atoms with Gasteiger partial charge in [-0.15, -0.1) is 0 Å². The summed E-state index contributed by atoms with van der Waals surface area (Å²) in [6.45, 7) is 5.68. The minimum Gasteiger partial charge on any atom is -0.303 e. The van der Waals surface area contributed by atoms with Gasteiger partial charge in [-0.2, -0.15) is 0 Å². The van der Waals surface area contributed by atoms with Crippen LogP contribution in [0.3, 0.4) is 0 Å². The Kier molecular flexibility index (Phi) is 2.49. The van der Waals surface area contributed by atoms with Gasteiger partial charge in [-0.1, -0.05) is 12.5 Å². The van der Waals surface area contributed by atoms with Gasteiger partial charge < -0.3 is 4.90 Å². The first kappa shape index (κ1) is 8.95. The fourth-order valence-corrected chi connectivity index (χ4v) is 2.36. The predicted octanol–water partition coefficient (Wildman–Crippen LogP) is 1.62. The van der Waals surface area contributed by atoms with E-state index < -0.39 is 0 Å². The van der Waals surface area contributed by atoms with Gasteiger partial charge in [0.2, 0.25) is 0 Å². The molecule has 0 N–H and O–H groups in total. The van der Waals surface area contributed by atoms with Crippen molar-refractivity contribution in [3.05, 3.63) is 11.6 Å². The number of piperidine rings is 1. The van der Waals surface area contributed by atoms with E-state index in [9.17, 15) is 4.79 Å². The number of rotatable bonds is 1. The van der Waals surface area contributed by atoms with Crippen molar-refractivity contribution in [2.75, 3.05) is 19.6 Å². The van der Waals surface area contributed by atoms with Crippen LogP contribution in [0.5, 0.6) is 0 Å². The van der Waals surface area contributed by atoms with Crippen molar-refractivity contribution >= 4 is 5.78 Å². The SMILES string of the molecule is CCN1CCC2=CC(=O)CCC2C1. The Balaban J connectivity index is 2.07. The lowest BCUT2D eigenvalue weighted by molar-refractivity contribution is -0.115. The molecule has 2 aliphatic rings. The highest BCUT2D eigenvalue weighted by molar-refractivity contribution is 5.91. The fourth-order valence-electron chi connectivity index (χ4n) is 2.36. The number of carbonyl (C=O) groups is 1. The van der Waals surface area contributed by atoms with E-state index in [1.165, 1.54) is 12.1 Å². The van der Waals surface area contributed by atoms with Crippen LogP contribution in [-0.4, -0.2) is 30.3 Å². The van der Waals surface area contributed by atoms with Crippen LogP contribution in [0.2, 0.25) is 0 Å². The topological polar surface area (TPSA) is 20.3 Å². The molecule has 1 atom stereocenters. The second-order valence-corrected chi connectivity index (χ2v) is 4.06. The van der Waals surface area contributed by atoms with Gasteiger partial charge in [-0.05, 0) is 31.4 Å². The van der Waals surface area contributed by atoms with Crippen molar-refractivity contribution in [2.24, 2.45) is 5.92 Å². The average Bonchev–Trinajstić information content (AvgIpc) is 2.17. The van der Waals surface area contributed by atoms with Gasteiger partial charge in [-0.3, -0.25) is 4.79 Å². The zero-order valence-corrected chi connectivity index (χ0v) is 8.25. The van der Waals surface area contributed by atoms with E-state index in [0.29, 0.717) is 11.7 Å². The van der Waals surface area contributed by atoms with E-state index in [2.05, 4.69) is 11.8 Å². The summed E-state index contributed by atoms with van der Waals surface area (Å²) in [5.74, 6) is 1.03. The molecule has 1 fully saturated rings. The molecule has 1 saturated heterocycles. The Labute approximate surface area is 79.6 Å².